The lowest BCUT2D eigenvalue weighted by Gasteiger charge is -2.44. The van der Waals surface area contributed by atoms with E-state index in [4.69, 9.17) is 4.43 Å². The Kier molecular flexibility index (Phi) is 6.54. The van der Waals surface area contributed by atoms with Crippen molar-refractivity contribution in [3.63, 3.8) is 0 Å². The van der Waals surface area contributed by atoms with Crippen molar-refractivity contribution >= 4 is 18.7 Å². The van der Waals surface area contributed by atoms with Crippen LogP contribution in [0, 0.1) is 11.8 Å². The van der Waals surface area contributed by atoms with E-state index in [-0.39, 0.29) is 5.04 Å². The molecule has 1 spiro atoms. The van der Waals surface area contributed by atoms with Crippen LogP contribution >= 0.6 is 0 Å². The summed E-state index contributed by atoms with van der Waals surface area (Å²) in [5.41, 5.74) is 1.80. The predicted molar refractivity (Wildman–Crippen MR) is 145 cm³/mol. The maximum absolute atomic E-state index is 7.29. The molecule has 0 bridgehead atoms. The van der Waals surface area contributed by atoms with Gasteiger partial charge < -0.3 is 9.74 Å². The molecule has 0 radical (unpaired) electrons. The zero-order chi connectivity index (χ0) is 23.7. The molecule has 178 valence electrons. The summed E-state index contributed by atoms with van der Waals surface area (Å²) in [6, 6.07) is 33.1. The highest BCUT2D eigenvalue weighted by Gasteiger charge is 2.56. The van der Waals surface area contributed by atoms with Gasteiger partial charge in [-0.2, -0.15) is 0 Å². The topological polar surface area (TPSA) is 21.3 Å². The maximum Gasteiger partial charge on any atom is 0.261 e. The summed E-state index contributed by atoms with van der Waals surface area (Å²) in [6.07, 6.45) is 4.94. The first-order valence-electron chi connectivity index (χ1n) is 13.0. The predicted octanol–water partition coefficient (Wildman–Crippen LogP) is 5.56. The van der Waals surface area contributed by atoms with Gasteiger partial charge in [0.05, 0.1) is 0 Å². The summed E-state index contributed by atoms with van der Waals surface area (Å²) in [4.78, 5) is 0. The smallest absolute Gasteiger partial charge is 0.261 e. The van der Waals surface area contributed by atoms with Gasteiger partial charge >= 0.3 is 0 Å². The highest BCUT2D eigenvalue weighted by molar-refractivity contribution is 6.99. The van der Waals surface area contributed by atoms with Crippen LogP contribution in [0.3, 0.4) is 0 Å². The second-order valence-corrected chi connectivity index (χ2v) is 15.8. The number of rotatable bonds is 7. The van der Waals surface area contributed by atoms with E-state index < -0.39 is 8.32 Å². The molecule has 3 unspecified atom stereocenters. The molecule has 0 amide bonds. The Balaban J connectivity index is 1.36. The highest BCUT2D eigenvalue weighted by atomic mass is 28.4. The fourth-order valence-corrected chi connectivity index (χ4v) is 11.0. The minimum atomic E-state index is -2.46. The maximum atomic E-state index is 7.29. The van der Waals surface area contributed by atoms with E-state index in [0.717, 1.165) is 19.1 Å². The molecule has 1 saturated carbocycles. The van der Waals surface area contributed by atoms with Crippen LogP contribution in [-0.2, 0) is 10.8 Å². The van der Waals surface area contributed by atoms with Gasteiger partial charge in [-0.25, -0.2) is 0 Å². The fraction of sp³-hybridized carbons (Fsp3) is 0.419. The fourth-order valence-electron chi connectivity index (χ4n) is 6.37. The van der Waals surface area contributed by atoms with Crippen LogP contribution in [0.15, 0.2) is 91.0 Å². The third kappa shape index (κ3) is 4.54. The Morgan fingerprint density at radius 3 is 1.94 bits per heavy atom. The Morgan fingerprint density at radius 2 is 1.38 bits per heavy atom. The molecule has 3 heteroatoms. The number of piperidine rings is 1. The SMILES string of the molecule is CC(C)(C)[Si](OCC1CCNC2(C1)CC2Cc1ccccc1)(c1ccccc1)c1ccccc1. The number of hydrogen-bond acceptors (Lipinski definition) is 2. The molecule has 1 aliphatic heterocycles. The zero-order valence-corrected chi connectivity index (χ0v) is 22.0. The molecule has 2 fully saturated rings. The lowest BCUT2D eigenvalue weighted by atomic mass is 9.89. The average Bonchev–Trinajstić information content (AvgIpc) is 3.50. The van der Waals surface area contributed by atoms with Crippen molar-refractivity contribution in [3.8, 4) is 0 Å². The second kappa shape index (κ2) is 9.45. The third-order valence-electron chi connectivity index (χ3n) is 8.19. The van der Waals surface area contributed by atoms with Gasteiger partial charge in [0, 0.05) is 12.1 Å². The third-order valence-corrected chi connectivity index (χ3v) is 13.2. The van der Waals surface area contributed by atoms with Crippen molar-refractivity contribution in [3.05, 3.63) is 96.6 Å². The first-order chi connectivity index (χ1) is 16.4. The van der Waals surface area contributed by atoms with E-state index in [9.17, 15) is 0 Å². The Hall–Kier alpha value is -2.20. The summed E-state index contributed by atoms with van der Waals surface area (Å²) in [5, 5.41) is 6.71. The molecule has 34 heavy (non-hydrogen) atoms. The van der Waals surface area contributed by atoms with Gasteiger partial charge in [0.1, 0.15) is 0 Å². The normalized spacial score (nSPS) is 24.8. The van der Waals surface area contributed by atoms with Crippen molar-refractivity contribution in [2.45, 2.75) is 57.0 Å². The van der Waals surface area contributed by atoms with Crippen LogP contribution in [0.25, 0.3) is 0 Å². The number of benzene rings is 3. The Bertz CT molecular complexity index is 1020. The van der Waals surface area contributed by atoms with Gasteiger partial charge in [-0.15, -0.1) is 0 Å². The molecule has 3 aromatic carbocycles. The van der Waals surface area contributed by atoms with Crippen molar-refractivity contribution < 1.29 is 4.43 Å². The molecular weight excluding hydrogens is 430 g/mol. The largest absolute Gasteiger partial charge is 0.407 e. The summed E-state index contributed by atoms with van der Waals surface area (Å²) in [7, 11) is -2.46. The van der Waals surface area contributed by atoms with Gasteiger partial charge in [0.25, 0.3) is 8.32 Å². The van der Waals surface area contributed by atoms with Crippen molar-refractivity contribution in [1.29, 1.82) is 0 Å². The van der Waals surface area contributed by atoms with E-state index >= 15 is 0 Å². The molecule has 3 atom stereocenters. The molecule has 2 aliphatic rings. The van der Waals surface area contributed by atoms with Gasteiger partial charge in [-0.1, -0.05) is 112 Å². The molecule has 3 aromatic rings. The van der Waals surface area contributed by atoms with Gasteiger partial charge in [-0.05, 0) is 65.0 Å². The molecule has 0 aromatic heterocycles. The quantitative estimate of drug-likeness (QED) is 0.457. The van der Waals surface area contributed by atoms with Crippen LogP contribution in [0.1, 0.15) is 45.6 Å². The monoisotopic (exact) mass is 469 g/mol. The van der Waals surface area contributed by atoms with Gasteiger partial charge in [0.15, 0.2) is 0 Å². The van der Waals surface area contributed by atoms with Crippen LogP contribution in [-0.4, -0.2) is 27.0 Å². The molecule has 1 N–H and O–H groups in total. The van der Waals surface area contributed by atoms with E-state index in [2.05, 4.69) is 117 Å². The molecule has 1 saturated heterocycles. The van der Waals surface area contributed by atoms with E-state index in [1.165, 1.54) is 41.6 Å². The van der Waals surface area contributed by atoms with Crippen molar-refractivity contribution in [2.24, 2.45) is 11.8 Å². The molecular formula is C31H39NOSi. The van der Waals surface area contributed by atoms with E-state index in [0.29, 0.717) is 11.5 Å². The lowest BCUT2D eigenvalue weighted by Crippen LogP contribution is -2.67. The molecule has 1 aliphatic carbocycles. The summed E-state index contributed by atoms with van der Waals surface area (Å²) in [5.74, 6) is 1.37. The Labute approximate surface area is 206 Å². The highest BCUT2D eigenvalue weighted by Crippen LogP contribution is 2.52. The molecule has 2 nitrogen and oxygen atoms in total. The van der Waals surface area contributed by atoms with Crippen LogP contribution in [0.4, 0.5) is 0 Å². The second-order valence-electron chi connectivity index (χ2n) is 11.5. The molecule has 5 rings (SSSR count). The molecule has 1 heterocycles. The first kappa shape index (κ1) is 23.5. The van der Waals surface area contributed by atoms with Crippen LogP contribution in [0.5, 0.6) is 0 Å². The van der Waals surface area contributed by atoms with Gasteiger partial charge in [-0.3, -0.25) is 0 Å². The van der Waals surface area contributed by atoms with Gasteiger partial charge in [0.2, 0.25) is 0 Å². The Morgan fingerprint density at radius 1 is 0.824 bits per heavy atom. The van der Waals surface area contributed by atoms with Crippen LogP contribution < -0.4 is 15.7 Å². The lowest BCUT2D eigenvalue weighted by molar-refractivity contribution is 0.172. The average molecular weight is 470 g/mol. The number of hydrogen-bond donors (Lipinski definition) is 1. The van der Waals surface area contributed by atoms with Crippen LogP contribution in [0.2, 0.25) is 5.04 Å². The zero-order valence-electron chi connectivity index (χ0n) is 21.0. The van der Waals surface area contributed by atoms with Crippen molar-refractivity contribution in [1.82, 2.24) is 5.32 Å². The summed E-state index contributed by atoms with van der Waals surface area (Å²) < 4.78 is 7.29. The summed E-state index contributed by atoms with van der Waals surface area (Å²) >= 11 is 0. The number of nitrogens with one attached hydrogen (secondary N) is 1. The van der Waals surface area contributed by atoms with E-state index in [1.54, 1.807) is 0 Å². The van der Waals surface area contributed by atoms with Crippen molar-refractivity contribution in [2.75, 3.05) is 13.2 Å². The minimum Gasteiger partial charge on any atom is -0.407 e. The minimum absolute atomic E-state index is 0.0374. The summed E-state index contributed by atoms with van der Waals surface area (Å²) in [6.45, 7) is 9.09. The standard InChI is InChI=1S/C31H39NOSi/c1-30(2,3)34(28-15-9-5-10-16-28,29-17-11-6-12-18-29)33-24-26-19-20-32-31(22-26)23-27(31)21-25-13-7-4-8-14-25/h4-18,26-27,32H,19-24H2,1-3H3. The first-order valence-corrected chi connectivity index (χ1v) is 14.9. The van der Waals surface area contributed by atoms with E-state index in [1.807, 2.05) is 0 Å².